The Hall–Kier alpha value is -0.680. The van der Waals surface area contributed by atoms with E-state index in [9.17, 15) is 9.18 Å². The van der Waals surface area contributed by atoms with Crippen molar-refractivity contribution in [3.8, 4) is 0 Å². The number of likely N-dealkylation sites (tertiary alicyclic amines) is 1. The van der Waals surface area contributed by atoms with Crippen LogP contribution in [0.5, 0.6) is 0 Å². The van der Waals surface area contributed by atoms with E-state index in [-0.39, 0.29) is 25.1 Å². The van der Waals surface area contributed by atoms with E-state index in [4.69, 9.17) is 9.47 Å². The molecule has 2 atom stereocenters. The highest BCUT2D eigenvalue weighted by atomic mass is 19.1. The van der Waals surface area contributed by atoms with E-state index >= 15 is 0 Å². The molecule has 5 heteroatoms. The van der Waals surface area contributed by atoms with Crippen LogP contribution >= 0.6 is 0 Å². The van der Waals surface area contributed by atoms with Crippen molar-refractivity contribution >= 4 is 5.91 Å². The number of carbonyl (C=O) groups excluding carboxylic acids is 1. The second-order valence-corrected chi connectivity index (χ2v) is 3.71. The lowest BCUT2D eigenvalue weighted by atomic mass is 10.1. The highest BCUT2D eigenvalue weighted by Gasteiger charge is 2.38. The first-order valence-electron chi connectivity index (χ1n) is 4.84. The minimum absolute atomic E-state index is 0.147. The summed E-state index contributed by atoms with van der Waals surface area (Å²) in [4.78, 5) is 13.2. The van der Waals surface area contributed by atoms with Crippen LogP contribution in [-0.2, 0) is 14.3 Å². The SMILES string of the molecule is C[C@@H]1OCCO[C@@H]1C(=O)N1CC(F)C1. The summed E-state index contributed by atoms with van der Waals surface area (Å²) in [7, 11) is 0. The van der Waals surface area contributed by atoms with Crippen LogP contribution in [0.15, 0.2) is 0 Å². The number of nitrogens with zero attached hydrogens (tertiary/aromatic N) is 1. The van der Waals surface area contributed by atoms with Gasteiger partial charge in [0.2, 0.25) is 0 Å². The molecule has 0 aliphatic carbocycles. The first-order chi connectivity index (χ1) is 6.68. The molecule has 0 aromatic carbocycles. The highest BCUT2D eigenvalue weighted by Crippen LogP contribution is 2.18. The largest absolute Gasteiger partial charge is 0.373 e. The smallest absolute Gasteiger partial charge is 0.254 e. The topological polar surface area (TPSA) is 38.8 Å². The second kappa shape index (κ2) is 3.82. The Kier molecular flexibility index (Phi) is 2.69. The molecule has 1 amide bonds. The molecule has 0 spiro atoms. The molecule has 2 aliphatic rings. The number of amides is 1. The molecule has 0 aromatic heterocycles. The predicted octanol–water partition coefficient (Wildman–Crippen LogP) is -0.0294. The molecular weight excluding hydrogens is 189 g/mol. The van der Waals surface area contributed by atoms with Crippen LogP contribution in [0.1, 0.15) is 6.92 Å². The van der Waals surface area contributed by atoms with Crippen LogP contribution in [0.4, 0.5) is 4.39 Å². The maximum atomic E-state index is 12.5. The van der Waals surface area contributed by atoms with Crippen molar-refractivity contribution in [3.05, 3.63) is 0 Å². The third kappa shape index (κ3) is 1.74. The van der Waals surface area contributed by atoms with E-state index in [1.54, 1.807) is 6.92 Å². The van der Waals surface area contributed by atoms with Gasteiger partial charge in [0.25, 0.3) is 5.91 Å². The van der Waals surface area contributed by atoms with Crippen LogP contribution in [-0.4, -0.2) is 55.5 Å². The Morgan fingerprint density at radius 2 is 2.00 bits per heavy atom. The first-order valence-corrected chi connectivity index (χ1v) is 4.84. The van der Waals surface area contributed by atoms with Crippen molar-refractivity contribution in [2.45, 2.75) is 25.3 Å². The number of hydrogen-bond acceptors (Lipinski definition) is 3. The van der Waals surface area contributed by atoms with Crippen molar-refractivity contribution in [3.63, 3.8) is 0 Å². The van der Waals surface area contributed by atoms with Crippen molar-refractivity contribution in [1.82, 2.24) is 4.90 Å². The molecule has 0 saturated carbocycles. The predicted molar refractivity (Wildman–Crippen MR) is 46.6 cm³/mol. The fourth-order valence-corrected chi connectivity index (χ4v) is 1.69. The molecule has 0 radical (unpaired) electrons. The van der Waals surface area contributed by atoms with E-state index in [1.165, 1.54) is 4.90 Å². The summed E-state index contributed by atoms with van der Waals surface area (Å²) in [5.74, 6) is -0.147. The minimum Gasteiger partial charge on any atom is -0.373 e. The number of halogens is 1. The molecule has 0 unspecified atom stereocenters. The van der Waals surface area contributed by atoms with Gasteiger partial charge in [-0.05, 0) is 6.92 Å². The van der Waals surface area contributed by atoms with Crippen LogP contribution < -0.4 is 0 Å². The van der Waals surface area contributed by atoms with Gasteiger partial charge in [0, 0.05) is 0 Å². The van der Waals surface area contributed by atoms with Gasteiger partial charge >= 0.3 is 0 Å². The molecule has 2 aliphatic heterocycles. The lowest BCUT2D eigenvalue weighted by molar-refractivity contribution is -0.176. The van der Waals surface area contributed by atoms with Crippen molar-refractivity contribution in [2.24, 2.45) is 0 Å². The molecule has 0 N–H and O–H groups in total. The fourth-order valence-electron chi connectivity index (χ4n) is 1.69. The monoisotopic (exact) mass is 203 g/mol. The highest BCUT2D eigenvalue weighted by molar-refractivity contribution is 5.82. The maximum Gasteiger partial charge on any atom is 0.254 e. The van der Waals surface area contributed by atoms with Gasteiger partial charge in [-0.25, -0.2) is 4.39 Å². The Balaban J connectivity index is 1.90. The molecule has 2 rings (SSSR count). The van der Waals surface area contributed by atoms with Crippen LogP contribution in [0, 0.1) is 0 Å². The normalized spacial score (nSPS) is 34.0. The van der Waals surface area contributed by atoms with E-state index in [0.717, 1.165) is 0 Å². The minimum atomic E-state index is -0.862. The molecule has 80 valence electrons. The van der Waals surface area contributed by atoms with Gasteiger partial charge in [-0.15, -0.1) is 0 Å². The Morgan fingerprint density at radius 1 is 1.36 bits per heavy atom. The molecule has 0 aromatic rings. The van der Waals surface area contributed by atoms with Crippen LogP contribution in [0.2, 0.25) is 0 Å². The van der Waals surface area contributed by atoms with E-state index in [0.29, 0.717) is 13.2 Å². The summed E-state index contributed by atoms with van der Waals surface area (Å²) in [6.07, 6.45) is -1.63. The van der Waals surface area contributed by atoms with Gasteiger partial charge in [-0.1, -0.05) is 0 Å². The van der Waals surface area contributed by atoms with Gasteiger partial charge in [0.15, 0.2) is 6.10 Å². The summed E-state index contributed by atoms with van der Waals surface area (Å²) in [5.41, 5.74) is 0. The molecule has 0 bridgehead atoms. The van der Waals surface area contributed by atoms with Gasteiger partial charge in [-0.2, -0.15) is 0 Å². The zero-order valence-electron chi connectivity index (χ0n) is 8.11. The average Bonchev–Trinajstić information content (AvgIpc) is 2.13. The third-order valence-corrected chi connectivity index (χ3v) is 2.58. The number of hydrogen-bond donors (Lipinski definition) is 0. The standard InChI is InChI=1S/C9H14FNO3/c1-6-8(14-3-2-13-6)9(12)11-4-7(10)5-11/h6-8H,2-5H2,1H3/t6-,8-/m0/s1. The fraction of sp³-hybridized carbons (Fsp3) is 0.889. The third-order valence-electron chi connectivity index (χ3n) is 2.58. The van der Waals surface area contributed by atoms with Crippen LogP contribution in [0.25, 0.3) is 0 Å². The summed E-state index contributed by atoms with van der Waals surface area (Å²) >= 11 is 0. The number of ether oxygens (including phenoxy) is 2. The summed E-state index contributed by atoms with van der Waals surface area (Å²) < 4.78 is 23.1. The van der Waals surface area contributed by atoms with Gasteiger partial charge < -0.3 is 14.4 Å². The number of alkyl halides is 1. The summed E-state index contributed by atoms with van der Waals surface area (Å²) in [6.45, 7) is 3.16. The van der Waals surface area contributed by atoms with Crippen molar-refractivity contribution in [1.29, 1.82) is 0 Å². The molecular formula is C9H14FNO3. The first kappa shape index (κ1) is 9.86. The molecule has 4 nitrogen and oxygen atoms in total. The van der Waals surface area contributed by atoms with Gasteiger partial charge in [-0.3, -0.25) is 4.79 Å². The Morgan fingerprint density at radius 3 is 2.57 bits per heavy atom. The zero-order valence-corrected chi connectivity index (χ0v) is 8.11. The van der Waals surface area contributed by atoms with Crippen molar-refractivity contribution in [2.75, 3.05) is 26.3 Å². The van der Waals surface area contributed by atoms with E-state index in [1.807, 2.05) is 0 Å². The molecule has 14 heavy (non-hydrogen) atoms. The molecule has 2 fully saturated rings. The summed E-state index contributed by atoms with van der Waals surface area (Å²) in [5, 5.41) is 0. The Labute approximate surface area is 82.0 Å². The van der Waals surface area contributed by atoms with Gasteiger partial charge in [0.1, 0.15) is 6.17 Å². The second-order valence-electron chi connectivity index (χ2n) is 3.71. The number of rotatable bonds is 1. The molecule has 2 saturated heterocycles. The average molecular weight is 203 g/mol. The summed E-state index contributed by atoms with van der Waals surface area (Å²) in [6, 6.07) is 0. The van der Waals surface area contributed by atoms with Gasteiger partial charge in [0.05, 0.1) is 32.4 Å². The van der Waals surface area contributed by atoms with E-state index < -0.39 is 12.3 Å². The quantitative estimate of drug-likeness (QED) is 0.600. The van der Waals surface area contributed by atoms with E-state index in [2.05, 4.69) is 0 Å². The zero-order chi connectivity index (χ0) is 10.1. The number of carbonyl (C=O) groups is 1. The lowest BCUT2D eigenvalue weighted by Crippen LogP contribution is -2.58. The van der Waals surface area contributed by atoms with Crippen LogP contribution in [0.3, 0.4) is 0 Å². The van der Waals surface area contributed by atoms with Crippen molar-refractivity contribution < 1.29 is 18.7 Å². The Bertz CT molecular complexity index is 230. The molecule has 2 heterocycles. The maximum absolute atomic E-state index is 12.5. The lowest BCUT2D eigenvalue weighted by Gasteiger charge is -2.39.